The van der Waals surface area contributed by atoms with E-state index in [1.807, 2.05) is 16.8 Å². The van der Waals surface area contributed by atoms with Crippen molar-refractivity contribution in [2.75, 3.05) is 49.5 Å². The molecule has 0 atom stereocenters. The van der Waals surface area contributed by atoms with E-state index in [0.29, 0.717) is 36.6 Å². The van der Waals surface area contributed by atoms with Gasteiger partial charge in [0.15, 0.2) is 11.6 Å². The molecule has 2 aromatic rings. The molecular weight excluding hydrogens is 516 g/mol. The number of rotatable bonds is 10. The van der Waals surface area contributed by atoms with Gasteiger partial charge in [-0.2, -0.15) is 15.0 Å². The van der Waals surface area contributed by atoms with Crippen LogP contribution in [-0.2, 0) is 9.09 Å². The van der Waals surface area contributed by atoms with Crippen molar-refractivity contribution in [3.63, 3.8) is 0 Å². The Kier molecular flexibility index (Phi) is 9.72. The number of phosphoric acid groups is 1. The fraction of sp³-hybridized carbons (Fsp3) is 0.625. The molecule has 1 saturated heterocycles. The minimum atomic E-state index is -4.50. The van der Waals surface area contributed by atoms with E-state index < -0.39 is 13.6 Å². The maximum absolute atomic E-state index is 14.3. The average Bonchev–Trinajstić information content (AvgIpc) is 3.15. The molecule has 2 heterocycles. The number of methoxy groups -OCH3 is 1. The van der Waals surface area contributed by atoms with Crippen LogP contribution in [0.4, 0.5) is 27.9 Å². The highest BCUT2D eigenvalue weighted by atomic mass is 31.2. The number of ether oxygens (including phenoxy) is 1. The van der Waals surface area contributed by atoms with Crippen molar-refractivity contribution < 1.29 is 28.0 Å². The number of phosphoric ester groups is 1. The monoisotopic (exact) mass is 553 g/mol. The van der Waals surface area contributed by atoms with Crippen molar-refractivity contribution in [3.05, 3.63) is 24.0 Å². The summed E-state index contributed by atoms with van der Waals surface area (Å²) in [5, 5.41) is 6.59. The fourth-order valence-corrected chi connectivity index (χ4v) is 5.19. The molecule has 1 saturated carbocycles. The third-order valence-electron chi connectivity index (χ3n) is 7.05. The van der Waals surface area contributed by atoms with Crippen LogP contribution in [0.5, 0.6) is 5.75 Å². The quantitative estimate of drug-likeness (QED) is 0.250. The highest BCUT2D eigenvalue weighted by molar-refractivity contribution is 7.46. The lowest BCUT2D eigenvalue weighted by Crippen LogP contribution is -2.44. The Morgan fingerprint density at radius 1 is 1.08 bits per heavy atom. The van der Waals surface area contributed by atoms with E-state index in [-0.39, 0.29) is 24.6 Å². The number of nitrogens with one attached hydrogen (secondary N) is 2. The third-order valence-corrected chi connectivity index (χ3v) is 7.50. The summed E-state index contributed by atoms with van der Waals surface area (Å²) >= 11 is 0. The van der Waals surface area contributed by atoms with Crippen molar-refractivity contribution in [1.29, 1.82) is 0 Å². The van der Waals surface area contributed by atoms with E-state index >= 15 is 0 Å². The molecule has 2 fully saturated rings. The van der Waals surface area contributed by atoms with Crippen LogP contribution in [0.1, 0.15) is 51.4 Å². The molecule has 4 rings (SSSR count). The SMILES string of the molecule is COc1ccc(Nc2nc(NC3CCCCCC3)nc(N(C)C3CCN(COP(=O)(O)O)CC3)n2)cc1F. The Hall–Kier alpha value is -2.57. The van der Waals surface area contributed by atoms with Gasteiger partial charge in [-0.05, 0) is 37.8 Å². The van der Waals surface area contributed by atoms with E-state index in [1.54, 1.807) is 12.1 Å². The smallest absolute Gasteiger partial charge is 0.470 e. The highest BCUT2D eigenvalue weighted by Crippen LogP contribution is 2.36. The lowest BCUT2D eigenvalue weighted by Gasteiger charge is -2.36. The Morgan fingerprint density at radius 3 is 2.39 bits per heavy atom. The van der Waals surface area contributed by atoms with Gasteiger partial charge in [0.25, 0.3) is 0 Å². The van der Waals surface area contributed by atoms with Crippen molar-refractivity contribution in [2.24, 2.45) is 0 Å². The first-order valence-electron chi connectivity index (χ1n) is 13.0. The molecule has 0 radical (unpaired) electrons. The number of likely N-dealkylation sites (tertiary alicyclic amines) is 1. The van der Waals surface area contributed by atoms with Gasteiger partial charge in [-0.1, -0.05) is 25.7 Å². The highest BCUT2D eigenvalue weighted by Gasteiger charge is 2.27. The number of hydrogen-bond donors (Lipinski definition) is 4. The zero-order valence-corrected chi connectivity index (χ0v) is 22.7. The number of anilines is 4. The first-order valence-corrected chi connectivity index (χ1v) is 14.5. The zero-order chi connectivity index (χ0) is 27.1. The van der Waals surface area contributed by atoms with Crippen molar-refractivity contribution >= 4 is 31.4 Å². The first-order chi connectivity index (χ1) is 18.2. The second kappa shape index (κ2) is 13.0. The summed E-state index contributed by atoms with van der Waals surface area (Å²) in [6, 6.07) is 4.96. The van der Waals surface area contributed by atoms with Crippen LogP contribution in [-0.4, -0.2) is 75.7 Å². The van der Waals surface area contributed by atoms with Gasteiger partial charge in [0.05, 0.1) is 7.11 Å². The van der Waals surface area contributed by atoms with E-state index in [0.717, 1.165) is 38.5 Å². The molecule has 0 spiro atoms. The summed E-state index contributed by atoms with van der Waals surface area (Å²) in [5.41, 5.74) is 0.488. The van der Waals surface area contributed by atoms with Crippen LogP contribution < -0.4 is 20.3 Å². The van der Waals surface area contributed by atoms with Gasteiger partial charge in [0, 0.05) is 44.0 Å². The second-order valence-corrected chi connectivity index (χ2v) is 11.0. The molecule has 0 unspecified atom stereocenters. The minimum absolute atomic E-state index is 0.112. The number of hydrogen-bond acceptors (Lipinski definition) is 10. The van der Waals surface area contributed by atoms with Gasteiger partial charge in [0.1, 0.15) is 6.73 Å². The van der Waals surface area contributed by atoms with Crippen molar-refractivity contribution in [1.82, 2.24) is 19.9 Å². The molecule has 4 N–H and O–H groups in total. The van der Waals surface area contributed by atoms with Gasteiger partial charge in [-0.15, -0.1) is 0 Å². The summed E-state index contributed by atoms with van der Waals surface area (Å²) in [5.74, 6) is 0.917. The minimum Gasteiger partial charge on any atom is -0.494 e. The first kappa shape index (κ1) is 28.4. The number of piperidine rings is 1. The zero-order valence-electron chi connectivity index (χ0n) is 21.8. The molecule has 38 heavy (non-hydrogen) atoms. The normalized spacial score (nSPS) is 18.1. The molecule has 14 heteroatoms. The summed E-state index contributed by atoms with van der Waals surface area (Å²) in [6.45, 7) is 1.11. The molecule has 12 nitrogen and oxygen atoms in total. The predicted octanol–water partition coefficient (Wildman–Crippen LogP) is 3.87. The molecule has 1 aromatic heterocycles. The number of aromatic nitrogens is 3. The third kappa shape index (κ3) is 8.21. The lowest BCUT2D eigenvalue weighted by molar-refractivity contribution is 0.0732. The van der Waals surface area contributed by atoms with Crippen LogP contribution >= 0.6 is 7.82 Å². The molecule has 1 aliphatic heterocycles. The fourth-order valence-electron chi connectivity index (χ4n) is 4.88. The van der Waals surface area contributed by atoms with Gasteiger partial charge in [-0.3, -0.25) is 9.42 Å². The Balaban J connectivity index is 1.50. The van der Waals surface area contributed by atoms with Crippen molar-refractivity contribution in [2.45, 2.75) is 63.5 Å². The van der Waals surface area contributed by atoms with Gasteiger partial charge in [-0.25, -0.2) is 8.96 Å². The standard InChI is InChI=1S/C24H37FN7O5P/c1-31(19-11-13-32(14-12-19)16-37-38(33,34)35)24-29-22(26-17-7-5-3-4-6-8-17)28-23(30-24)27-18-9-10-21(36-2)20(25)15-18/h9-10,15,17,19H,3-8,11-14,16H2,1-2H3,(H2,33,34,35)(H2,26,27,28,29,30). The van der Waals surface area contributed by atoms with Crippen LogP contribution in [0.25, 0.3) is 0 Å². The number of halogens is 1. The number of benzene rings is 1. The molecule has 0 bridgehead atoms. The van der Waals surface area contributed by atoms with Gasteiger partial charge < -0.3 is 30.1 Å². The van der Waals surface area contributed by atoms with Gasteiger partial charge in [0.2, 0.25) is 17.8 Å². The van der Waals surface area contributed by atoms with Crippen LogP contribution in [0.3, 0.4) is 0 Å². The lowest BCUT2D eigenvalue weighted by atomic mass is 10.0. The summed E-state index contributed by atoms with van der Waals surface area (Å²) < 4.78 is 34.9. The van der Waals surface area contributed by atoms with Crippen LogP contribution in [0, 0.1) is 5.82 Å². The Bertz CT molecular complexity index is 1110. The Morgan fingerprint density at radius 2 is 1.76 bits per heavy atom. The van der Waals surface area contributed by atoms with E-state index in [4.69, 9.17) is 19.5 Å². The van der Waals surface area contributed by atoms with Crippen LogP contribution in [0.2, 0.25) is 0 Å². The summed E-state index contributed by atoms with van der Waals surface area (Å²) in [4.78, 5) is 35.7. The molecule has 210 valence electrons. The molecule has 1 aliphatic carbocycles. The number of nitrogens with zero attached hydrogens (tertiary/aromatic N) is 5. The molecular formula is C24H37FN7O5P. The van der Waals surface area contributed by atoms with E-state index in [9.17, 15) is 8.96 Å². The largest absolute Gasteiger partial charge is 0.494 e. The van der Waals surface area contributed by atoms with E-state index in [1.165, 1.54) is 26.0 Å². The second-order valence-electron chi connectivity index (χ2n) is 9.80. The predicted molar refractivity (Wildman–Crippen MR) is 142 cm³/mol. The molecule has 2 aliphatic rings. The maximum Gasteiger partial charge on any atom is 0.470 e. The molecule has 0 amide bonds. The Labute approximate surface area is 222 Å². The summed E-state index contributed by atoms with van der Waals surface area (Å²) in [6.07, 6.45) is 8.38. The topological polar surface area (TPSA) is 145 Å². The van der Waals surface area contributed by atoms with Crippen LogP contribution in [0.15, 0.2) is 18.2 Å². The van der Waals surface area contributed by atoms with E-state index in [2.05, 4.69) is 25.1 Å². The molecule has 1 aromatic carbocycles. The van der Waals surface area contributed by atoms with Gasteiger partial charge >= 0.3 is 7.82 Å². The van der Waals surface area contributed by atoms with Crippen molar-refractivity contribution in [3.8, 4) is 5.75 Å². The average molecular weight is 554 g/mol. The summed E-state index contributed by atoms with van der Waals surface area (Å²) in [7, 11) is -1.16. The maximum atomic E-state index is 14.3.